The molecule has 0 aliphatic carbocycles. The number of esters is 1. The molecule has 0 radical (unpaired) electrons. The number of ether oxygens (including phenoxy) is 3. The van der Waals surface area contributed by atoms with Crippen molar-refractivity contribution in [1.29, 1.82) is 0 Å². The number of aliphatic hydroxyl groups is 1. The summed E-state index contributed by atoms with van der Waals surface area (Å²) in [7, 11) is 1.60. The minimum Gasteiger partial charge on any atom is -0.462 e. The van der Waals surface area contributed by atoms with E-state index in [-0.39, 0.29) is 18.8 Å². The Kier molecular flexibility index (Phi) is 9.60. The van der Waals surface area contributed by atoms with Crippen molar-refractivity contribution in [3.05, 3.63) is 39.3 Å². The van der Waals surface area contributed by atoms with Crippen LogP contribution < -0.4 is 5.56 Å². The zero-order chi connectivity index (χ0) is 22.1. The van der Waals surface area contributed by atoms with Gasteiger partial charge in [-0.1, -0.05) is 6.08 Å². The van der Waals surface area contributed by atoms with Crippen molar-refractivity contribution >= 4 is 27.5 Å². The number of aromatic amines is 1. The minimum absolute atomic E-state index is 0.172. The molecule has 10 heteroatoms. The largest absolute Gasteiger partial charge is 0.462 e. The van der Waals surface area contributed by atoms with Crippen LogP contribution in [0.4, 0.5) is 0 Å². The molecule has 0 fully saturated rings. The van der Waals surface area contributed by atoms with Gasteiger partial charge in [0.05, 0.1) is 44.5 Å². The first-order valence-electron chi connectivity index (χ1n) is 9.68. The summed E-state index contributed by atoms with van der Waals surface area (Å²) in [5.41, 5.74) is 0.264. The van der Waals surface area contributed by atoms with Crippen LogP contribution in [-0.4, -0.2) is 78.7 Å². The number of nitrogens with zero attached hydrogens (tertiary/aromatic N) is 2. The molecule has 2 aromatic heterocycles. The highest BCUT2D eigenvalue weighted by atomic mass is 32.1. The summed E-state index contributed by atoms with van der Waals surface area (Å²) in [6.45, 7) is 9.43. The van der Waals surface area contributed by atoms with Gasteiger partial charge in [-0.25, -0.2) is 9.78 Å². The smallest absolute Gasteiger partial charge is 0.348 e. The van der Waals surface area contributed by atoms with Crippen LogP contribution >= 0.6 is 11.3 Å². The van der Waals surface area contributed by atoms with Gasteiger partial charge < -0.3 is 24.3 Å². The van der Waals surface area contributed by atoms with Crippen molar-refractivity contribution < 1.29 is 24.1 Å². The van der Waals surface area contributed by atoms with E-state index in [0.29, 0.717) is 59.3 Å². The molecular weight excluding hydrogens is 410 g/mol. The molecule has 0 saturated heterocycles. The molecule has 30 heavy (non-hydrogen) atoms. The molecule has 0 aromatic carbocycles. The Morgan fingerprint density at radius 1 is 1.47 bits per heavy atom. The van der Waals surface area contributed by atoms with E-state index in [9.17, 15) is 14.7 Å². The zero-order valence-electron chi connectivity index (χ0n) is 17.6. The topological polar surface area (TPSA) is 114 Å². The number of carbonyl (C=O) groups excluding carboxylic acids is 1. The van der Waals surface area contributed by atoms with Crippen LogP contribution in [0, 0.1) is 6.92 Å². The molecule has 0 amide bonds. The van der Waals surface area contributed by atoms with Crippen LogP contribution in [0.3, 0.4) is 0 Å². The van der Waals surface area contributed by atoms with Crippen molar-refractivity contribution in [3.8, 4) is 0 Å². The Bertz CT molecular complexity index is 910. The Balaban J connectivity index is 2.22. The fourth-order valence-corrected chi connectivity index (χ4v) is 4.05. The first-order chi connectivity index (χ1) is 14.4. The number of H-pyrrole nitrogens is 1. The summed E-state index contributed by atoms with van der Waals surface area (Å²) in [5.74, 6) is -0.0113. The van der Waals surface area contributed by atoms with Gasteiger partial charge in [0, 0.05) is 20.2 Å². The summed E-state index contributed by atoms with van der Waals surface area (Å²) in [4.78, 5) is 34.9. The van der Waals surface area contributed by atoms with Gasteiger partial charge in [-0.05, 0) is 19.4 Å². The second-order valence-corrected chi connectivity index (χ2v) is 7.68. The molecule has 2 heterocycles. The molecule has 166 valence electrons. The number of rotatable bonds is 13. The molecule has 0 bridgehead atoms. The number of aromatic nitrogens is 2. The van der Waals surface area contributed by atoms with Crippen LogP contribution in [0.1, 0.15) is 28.0 Å². The van der Waals surface area contributed by atoms with E-state index in [4.69, 9.17) is 14.2 Å². The third-order valence-electron chi connectivity index (χ3n) is 4.31. The van der Waals surface area contributed by atoms with Crippen LogP contribution in [0.5, 0.6) is 0 Å². The Morgan fingerprint density at radius 2 is 2.23 bits per heavy atom. The maximum absolute atomic E-state index is 12.6. The van der Waals surface area contributed by atoms with Gasteiger partial charge in [0.1, 0.15) is 15.5 Å². The highest BCUT2D eigenvalue weighted by Crippen LogP contribution is 2.27. The number of aliphatic hydroxyl groups excluding tert-OH is 1. The van der Waals surface area contributed by atoms with E-state index in [0.717, 1.165) is 11.3 Å². The summed E-state index contributed by atoms with van der Waals surface area (Å²) in [6.07, 6.45) is 0.906. The lowest BCUT2D eigenvalue weighted by molar-refractivity contribution is 0.0188. The van der Waals surface area contributed by atoms with E-state index in [1.165, 1.54) is 0 Å². The lowest BCUT2D eigenvalue weighted by atomic mass is 10.2. The number of fused-ring (bicyclic) bond motifs is 1. The van der Waals surface area contributed by atoms with Gasteiger partial charge in [0.15, 0.2) is 0 Å². The van der Waals surface area contributed by atoms with Gasteiger partial charge in [-0.2, -0.15) is 0 Å². The molecular formula is C20H29N3O6S. The fraction of sp³-hybridized carbons (Fsp3) is 0.550. The van der Waals surface area contributed by atoms with E-state index in [1.807, 2.05) is 4.90 Å². The lowest BCUT2D eigenvalue weighted by Gasteiger charge is -2.24. The highest BCUT2D eigenvalue weighted by molar-refractivity contribution is 7.20. The lowest BCUT2D eigenvalue weighted by Crippen LogP contribution is -2.37. The molecule has 2 N–H and O–H groups in total. The van der Waals surface area contributed by atoms with Crippen LogP contribution in [0.25, 0.3) is 10.2 Å². The van der Waals surface area contributed by atoms with Gasteiger partial charge in [-0.3, -0.25) is 9.69 Å². The second kappa shape index (κ2) is 11.9. The molecule has 2 rings (SSSR count). The molecule has 0 spiro atoms. The second-order valence-electron chi connectivity index (χ2n) is 6.68. The van der Waals surface area contributed by atoms with Crippen LogP contribution in [-0.2, 0) is 20.8 Å². The third kappa shape index (κ3) is 6.44. The fourth-order valence-electron chi connectivity index (χ4n) is 2.96. The van der Waals surface area contributed by atoms with E-state index in [1.54, 1.807) is 27.0 Å². The van der Waals surface area contributed by atoms with Gasteiger partial charge >= 0.3 is 5.97 Å². The van der Waals surface area contributed by atoms with E-state index in [2.05, 4.69) is 16.5 Å². The van der Waals surface area contributed by atoms with Crippen molar-refractivity contribution in [3.63, 3.8) is 0 Å². The number of thiophene rings is 1. The highest BCUT2D eigenvalue weighted by Gasteiger charge is 2.21. The van der Waals surface area contributed by atoms with Gasteiger partial charge in [-0.15, -0.1) is 17.9 Å². The molecule has 0 aliphatic rings. The number of hydrogen-bond donors (Lipinski definition) is 2. The predicted octanol–water partition coefficient (Wildman–Crippen LogP) is 1.48. The number of hydrogen-bond acceptors (Lipinski definition) is 9. The molecule has 9 nitrogen and oxygen atoms in total. The van der Waals surface area contributed by atoms with Crippen molar-refractivity contribution in [1.82, 2.24) is 14.9 Å². The van der Waals surface area contributed by atoms with Gasteiger partial charge in [0.25, 0.3) is 5.56 Å². The number of carbonyl (C=O) groups is 1. The van der Waals surface area contributed by atoms with Crippen molar-refractivity contribution in [2.45, 2.75) is 26.5 Å². The summed E-state index contributed by atoms with van der Waals surface area (Å²) < 4.78 is 15.5. The number of nitrogens with one attached hydrogen (secondary N) is 1. The maximum Gasteiger partial charge on any atom is 0.348 e. The van der Waals surface area contributed by atoms with Crippen LogP contribution in [0.15, 0.2) is 17.4 Å². The summed E-state index contributed by atoms with van der Waals surface area (Å²) >= 11 is 1.15. The van der Waals surface area contributed by atoms with Crippen molar-refractivity contribution in [2.24, 2.45) is 0 Å². The molecule has 0 aliphatic heterocycles. The van der Waals surface area contributed by atoms with E-state index >= 15 is 0 Å². The van der Waals surface area contributed by atoms with E-state index < -0.39 is 12.1 Å². The first kappa shape index (κ1) is 24.2. The zero-order valence-corrected chi connectivity index (χ0v) is 18.4. The quantitative estimate of drug-likeness (QED) is 0.274. The standard InChI is InChI=1S/C20H29N3O6S/c1-5-8-28-12-14(24)10-23(7-9-27-4)11-15-21-18(25)16-13(3)17(20(26)29-6-2)30-19(16)22-15/h5,14,24H,1,6-12H2,2-4H3,(H,21,22,25)/t14-/m0/s1. The van der Waals surface area contributed by atoms with Crippen LogP contribution in [0.2, 0.25) is 0 Å². The predicted molar refractivity (Wildman–Crippen MR) is 115 cm³/mol. The molecule has 0 unspecified atom stereocenters. The third-order valence-corrected chi connectivity index (χ3v) is 5.48. The average Bonchev–Trinajstić information content (AvgIpc) is 3.03. The molecule has 1 atom stereocenters. The number of aryl methyl sites for hydroxylation is 1. The first-order valence-corrected chi connectivity index (χ1v) is 10.5. The Morgan fingerprint density at radius 3 is 2.90 bits per heavy atom. The average molecular weight is 440 g/mol. The maximum atomic E-state index is 12.6. The SMILES string of the molecule is C=CCOC[C@@H](O)CN(CCOC)Cc1nc2sc(C(=O)OCC)c(C)c2c(=O)[nH]1. The van der Waals surface area contributed by atoms with Crippen molar-refractivity contribution in [2.75, 3.05) is 46.6 Å². The normalized spacial score (nSPS) is 12.4. The van der Waals surface area contributed by atoms with Gasteiger partial charge in [0.2, 0.25) is 0 Å². The minimum atomic E-state index is -0.711. The molecule has 0 saturated carbocycles. The Labute approximate surface area is 179 Å². The number of methoxy groups -OCH3 is 1. The monoisotopic (exact) mass is 439 g/mol. The molecule has 2 aromatic rings. The summed E-state index contributed by atoms with van der Waals surface area (Å²) in [5, 5.41) is 10.6. The Hall–Kier alpha value is -2.11. The summed E-state index contributed by atoms with van der Waals surface area (Å²) in [6, 6.07) is 0.